The maximum atomic E-state index is 5.39. The van der Waals surface area contributed by atoms with E-state index in [1.165, 1.54) is 10.8 Å². The number of nitrogens with zero attached hydrogens (tertiary/aromatic N) is 6. The Morgan fingerprint density at radius 1 is 0.183 bits per heavy atom. The minimum absolute atomic E-state index is 0.809. The van der Waals surface area contributed by atoms with Gasteiger partial charge in [0, 0.05) is 78.8 Å². The quantitative estimate of drug-likeness (QED) is 0.108. The van der Waals surface area contributed by atoms with Gasteiger partial charge in [0.15, 0.2) is 0 Å². The highest BCUT2D eigenvalue weighted by atomic mass is 15.2. The molecule has 1 aromatic heterocycles. The molecule has 0 N–H and O–H groups in total. The molecule has 0 saturated heterocycles. The number of fused-ring (bicyclic) bond motifs is 3. The van der Waals surface area contributed by atoms with Crippen molar-refractivity contribution in [2.75, 3.05) is 19.6 Å². The van der Waals surface area contributed by atoms with E-state index in [1.54, 1.807) is 0 Å². The third-order valence-electron chi connectivity index (χ3n) is 15.2. The lowest BCUT2D eigenvalue weighted by atomic mass is 10.0. The Labute approximate surface area is 478 Å². The second-order valence-electron chi connectivity index (χ2n) is 20.2. The summed E-state index contributed by atoms with van der Waals surface area (Å²) in [6.45, 7) is 0. The molecule has 388 valence electrons. The highest BCUT2D eigenvalue weighted by molar-refractivity contribution is 6.01. The number of hydrogen-bond donors (Lipinski definition) is 0. The molecule has 0 saturated carbocycles. The van der Waals surface area contributed by atoms with E-state index < -0.39 is 0 Å². The molecule has 0 radical (unpaired) electrons. The van der Waals surface area contributed by atoms with E-state index in [4.69, 9.17) is 9.97 Å². The summed E-state index contributed by atoms with van der Waals surface area (Å²) >= 11 is 0. The number of para-hydroxylation sites is 6. The number of rotatable bonds is 14. The summed E-state index contributed by atoms with van der Waals surface area (Å²) in [7, 11) is 0. The van der Waals surface area contributed by atoms with Crippen LogP contribution in [-0.4, -0.2) is 9.97 Å². The lowest BCUT2D eigenvalue weighted by molar-refractivity contribution is 1.26. The van der Waals surface area contributed by atoms with Crippen LogP contribution in [0.4, 0.5) is 68.2 Å². The van der Waals surface area contributed by atoms with Gasteiger partial charge in [0.05, 0.1) is 33.8 Å². The molecule has 1 heterocycles. The minimum Gasteiger partial charge on any atom is -0.311 e. The number of benzene rings is 13. The van der Waals surface area contributed by atoms with Crippen LogP contribution in [0.25, 0.3) is 55.1 Å². The summed E-state index contributed by atoms with van der Waals surface area (Å²) in [5, 5.41) is 4.67. The van der Waals surface area contributed by atoms with E-state index in [-0.39, 0.29) is 0 Å². The standard InChI is InChI=1S/C76H54N6/c1-5-25-59(26-6-1)79(60-27-7-2-8-28-60)63-47-51-67(52-48-63)81(73-37-19-23-55-21-13-15-33-69(55)73)65-43-39-57(40-44-65)75-76(78-72-36-18-17-35-71(72)77-75)58-41-45-66(46-42-58)82(74-38-20-24-56-22-14-16-34-70(56)74)68-53-49-64(50-54-68)80(61-29-9-3-10-30-61)62-31-11-4-12-32-62/h1-54H. The molecule has 0 aliphatic heterocycles. The van der Waals surface area contributed by atoms with E-state index in [0.29, 0.717) is 0 Å². The number of aromatic nitrogens is 2. The average Bonchev–Trinajstić information content (AvgIpc) is 3.56. The number of hydrogen-bond acceptors (Lipinski definition) is 6. The molecule has 0 amide bonds. The molecule has 82 heavy (non-hydrogen) atoms. The molecular formula is C76H54N6. The van der Waals surface area contributed by atoms with E-state index >= 15 is 0 Å². The third kappa shape index (κ3) is 9.61. The van der Waals surface area contributed by atoms with Crippen molar-refractivity contribution < 1.29 is 0 Å². The van der Waals surface area contributed by atoms with E-state index in [9.17, 15) is 0 Å². The summed E-state index contributed by atoms with van der Waals surface area (Å²) in [6, 6.07) is 116. The Kier molecular flexibility index (Phi) is 13.2. The fraction of sp³-hybridized carbons (Fsp3) is 0. The summed E-state index contributed by atoms with van der Waals surface area (Å²) < 4.78 is 0. The molecule has 0 fully saturated rings. The van der Waals surface area contributed by atoms with Crippen molar-refractivity contribution in [1.82, 2.24) is 9.97 Å². The smallest absolute Gasteiger partial charge is 0.0973 e. The second-order valence-corrected chi connectivity index (χ2v) is 20.2. The number of anilines is 12. The maximum Gasteiger partial charge on any atom is 0.0973 e. The van der Waals surface area contributed by atoms with Gasteiger partial charge in [-0.25, -0.2) is 9.97 Å². The highest BCUT2D eigenvalue weighted by Gasteiger charge is 2.22. The first-order chi connectivity index (χ1) is 40.7. The molecule has 0 atom stereocenters. The van der Waals surface area contributed by atoms with E-state index in [1.807, 2.05) is 24.3 Å². The van der Waals surface area contributed by atoms with Crippen LogP contribution < -0.4 is 19.6 Å². The zero-order chi connectivity index (χ0) is 54.6. The molecule has 0 aliphatic rings. The zero-order valence-electron chi connectivity index (χ0n) is 44.9. The fourth-order valence-electron chi connectivity index (χ4n) is 11.3. The van der Waals surface area contributed by atoms with Crippen molar-refractivity contribution in [3.8, 4) is 22.5 Å². The van der Waals surface area contributed by atoms with Crippen LogP contribution in [0, 0.1) is 0 Å². The van der Waals surface area contributed by atoms with Crippen molar-refractivity contribution >= 4 is 101 Å². The SMILES string of the molecule is c1ccc(N(c2ccccc2)c2ccc(N(c3ccc(-c4nc5ccccc5nc4-c4ccc(N(c5ccc(N(c6ccccc6)c6ccccc6)cc5)c5cccc6ccccc56)cc4)cc3)c3cccc4ccccc34)cc2)cc1. The second kappa shape index (κ2) is 22.0. The van der Waals surface area contributed by atoms with Gasteiger partial charge in [-0.3, -0.25) is 0 Å². The van der Waals surface area contributed by atoms with Crippen LogP contribution in [0.2, 0.25) is 0 Å². The normalized spacial score (nSPS) is 11.2. The largest absolute Gasteiger partial charge is 0.311 e. The lowest BCUT2D eigenvalue weighted by Crippen LogP contribution is -2.12. The van der Waals surface area contributed by atoms with Gasteiger partial charge in [-0.2, -0.15) is 0 Å². The first kappa shape index (κ1) is 49.2. The van der Waals surface area contributed by atoms with Crippen molar-refractivity contribution in [3.63, 3.8) is 0 Å². The topological polar surface area (TPSA) is 38.7 Å². The van der Waals surface area contributed by atoms with Crippen LogP contribution >= 0.6 is 0 Å². The van der Waals surface area contributed by atoms with Gasteiger partial charge in [0.2, 0.25) is 0 Å². The van der Waals surface area contributed by atoms with E-state index in [2.05, 4.69) is 323 Å². The Morgan fingerprint density at radius 3 is 0.756 bits per heavy atom. The molecule has 14 aromatic rings. The van der Waals surface area contributed by atoms with Crippen LogP contribution in [0.3, 0.4) is 0 Å². The van der Waals surface area contributed by atoms with Gasteiger partial charge in [-0.15, -0.1) is 0 Å². The summed E-state index contributed by atoms with van der Waals surface area (Å²) in [4.78, 5) is 20.1. The summed E-state index contributed by atoms with van der Waals surface area (Å²) in [5.41, 5.74) is 18.0. The first-order valence-electron chi connectivity index (χ1n) is 27.7. The highest BCUT2D eigenvalue weighted by Crippen LogP contribution is 2.45. The predicted octanol–water partition coefficient (Wildman–Crippen LogP) is 21.1. The Morgan fingerprint density at radius 2 is 0.427 bits per heavy atom. The Bertz CT molecular complexity index is 4100. The van der Waals surface area contributed by atoms with Gasteiger partial charge >= 0.3 is 0 Å². The molecule has 13 aromatic carbocycles. The monoisotopic (exact) mass is 1050 g/mol. The Balaban J connectivity index is 0.843. The predicted molar refractivity (Wildman–Crippen MR) is 344 cm³/mol. The van der Waals surface area contributed by atoms with Crippen molar-refractivity contribution in [2.45, 2.75) is 0 Å². The van der Waals surface area contributed by atoms with Crippen molar-refractivity contribution in [3.05, 3.63) is 328 Å². The van der Waals surface area contributed by atoms with Crippen LogP contribution in [0.1, 0.15) is 0 Å². The van der Waals surface area contributed by atoms with Crippen LogP contribution in [0.5, 0.6) is 0 Å². The molecule has 0 bridgehead atoms. The van der Waals surface area contributed by atoms with E-state index in [0.717, 1.165) is 113 Å². The fourth-order valence-corrected chi connectivity index (χ4v) is 11.3. The molecule has 6 nitrogen and oxygen atoms in total. The van der Waals surface area contributed by atoms with Crippen molar-refractivity contribution in [1.29, 1.82) is 0 Å². The van der Waals surface area contributed by atoms with Crippen molar-refractivity contribution in [2.24, 2.45) is 0 Å². The molecule has 0 aliphatic carbocycles. The zero-order valence-corrected chi connectivity index (χ0v) is 44.9. The van der Waals surface area contributed by atoms with Gasteiger partial charge in [-0.1, -0.05) is 182 Å². The minimum atomic E-state index is 0.809. The summed E-state index contributed by atoms with van der Waals surface area (Å²) in [6.07, 6.45) is 0. The average molecular weight is 1050 g/mol. The van der Waals surface area contributed by atoms with Gasteiger partial charge in [0.1, 0.15) is 0 Å². The molecule has 6 heteroatoms. The summed E-state index contributed by atoms with van der Waals surface area (Å²) in [5.74, 6) is 0. The first-order valence-corrected chi connectivity index (χ1v) is 27.7. The van der Waals surface area contributed by atoms with Crippen LogP contribution in [0.15, 0.2) is 328 Å². The maximum absolute atomic E-state index is 5.39. The van der Waals surface area contributed by atoms with Gasteiger partial charge in [0.25, 0.3) is 0 Å². The van der Waals surface area contributed by atoms with Gasteiger partial charge < -0.3 is 19.6 Å². The van der Waals surface area contributed by atoms with Gasteiger partial charge in [-0.05, 0) is 156 Å². The lowest BCUT2D eigenvalue weighted by Gasteiger charge is -2.29. The Hall–Kier alpha value is -11.1. The molecule has 0 unspecified atom stereocenters. The van der Waals surface area contributed by atoms with Crippen LogP contribution in [-0.2, 0) is 0 Å². The third-order valence-corrected chi connectivity index (χ3v) is 15.2. The molecular weight excluding hydrogens is 997 g/mol. The molecule has 14 rings (SSSR count). The molecule has 0 spiro atoms.